The highest BCUT2D eigenvalue weighted by atomic mass is 19.1. The second-order valence-electron chi connectivity index (χ2n) is 7.41. The predicted octanol–water partition coefficient (Wildman–Crippen LogP) is 2.24. The maximum atomic E-state index is 13.2. The Kier molecular flexibility index (Phi) is 5.86. The van der Waals surface area contributed by atoms with E-state index in [9.17, 15) is 14.4 Å². The minimum absolute atomic E-state index is 0.204. The van der Waals surface area contributed by atoms with Gasteiger partial charge in [0.2, 0.25) is 0 Å². The molecule has 3 N–H and O–H groups in total. The van der Waals surface area contributed by atoms with Crippen LogP contribution in [0.3, 0.4) is 0 Å². The molecular formula is C21H21FN8O. The van der Waals surface area contributed by atoms with Gasteiger partial charge in [0.15, 0.2) is 5.82 Å². The molecule has 0 aliphatic carbocycles. The van der Waals surface area contributed by atoms with E-state index in [0.29, 0.717) is 25.2 Å². The van der Waals surface area contributed by atoms with Crippen LogP contribution in [0.4, 0.5) is 15.9 Å². The molecule has 1 aromatic carbocycles. The lowest BCUT2D eigenvalue weighted by Gasteiger charge is -2.35. The average Bonchev–Trinajstić information content (AvgIpc) is 3.20. The molecule has 2 atom stereocenters. The number of nitrogens with zero attached hydrogens (tertiary/aromatic N) is 6. The number of halogens is 1. The number of piperidine rings is 1. The van der Waals surface area contributed by atoms with Gasteiger partial charge in [-0.05, 0) is 42.8 Å². The summed E-state index contributed by atoms with van der Waals surface area (Å²) >= 11 is 0. The van der Waals surface area contributed by atoms with Crippen LogP contribution in [-0.4, -0.2) is 43.9 Å². The number of hydrogen-bond acceptors (Lipinski definition) is 7. The number of benzene rings is 1. The normalized spacial score (nSPS) is 19.0. The second kappa shape index (κ2) is 8.89. The molecule has 1 amide bonds. The van der Waals surface area contributed by atoms with E-state index in [2.05, 4.69) is 31.6 Å². The Morgan fingerprint density at radius 1 is 1.32 bits per heavy atom. The highest BCUT2D eigenvalue weighted by Crippen LogP contribution is 2.30. The minimum Gasteiger partial charge on any atom is -0.365 e. The Balaban J connectivity index is 1.52. The van der Waals surface area contributed by atoms with E-state index in [1.807, 2.05) is 12.1 Å². The number of primary amides is 1. The molecule has 0 radical (unpaired) electrons. The molecule has 10 heteroatoms. The number of carbonyl (C=O) groups excluding carboxylic acids is 1. The Morgan fingerprint density at radius 3 is 2.81 bits per heavy atom. The second-order valence-corrected chi connectivity index (χ2v) is 7.41. The number of nitrogens with one attached hydrogen (secondary N) is 1. The number of anilines is 2. The molecule has 0 spiro atoms. The van der Waals surface area contributed by atoms with Crippen molar-refractivity contribution in [1.82, 2.24) is 24.9 Å². The first-order valence-corrected chi connectivity index (χ1v) is 9.83. The molecule has 1 fully saturated rings. The van der Waals surface area contributed by atoms with Crippen LogP contribution in [0.1, 0.15) is 28.5 Å². The van der Waals surface area contributed by atoms with Crippen molar-refractivity contribution in [3.05, 3.63) is 65.9 Å². The molecule has 3 heterocycles. The van der Waals surface area contributed by atoms with Gasteiger partial charge in [0.1, 0.15) is 11.4 Å². The largest absolute Gasteiger partial charge is 0.365 e. The lowest BCUT2D eigenvalue weighted by atomic mass is 9.93. The molecule has 3 aromatic rings. The fraction of sp³-hybridized carbons (Fsp3) is 0.286. The van der Waals surface area contributed by atoms with Crippen LogP contribution >= 0.6 is 0 Å². The first kappa shape index (κ1) is 20.4. The van der Waals surface area contributed by atoms with E-state index in [1.165, 1.54) is 12.1 Å². The summed E-state index contributed by atoms with van der Waals surface area (Å²) in [4.78, 5) is 14.1. The van der Waals surface area contributed by atoms with Crippen molar-refractivity contribution in [2.45, 2.75) is 19.0 Å². The fourth-order valence-electron chi connectivity index (χ4n) is 3.75. The van der Waals surface area contributed by atoms with E-state index in [-0.39, 0.29) is 29.2 Å². The maximum absolute atomic E-state index is 13.2. The van der Waals surface area contributed by atoms with Gasteiger partial charge >= 0.3 is 0 Å². The summed E-state index contributed by atoms with van der Waals surface area (Å²) in [5, 5.41) is 25.3. The fourth-order valence-corrected chi connectivity index (χ4v) is 3.75. The molecule has 0 saturated carbocycles. The van der Waals surface area contributed by atoms with E-state index < -0.39 is 5.91 Å². The molecule has 0 bridgehead atoms. The summed E-state index contributed by atoms with van der Waals surface area (Å²) in [6.07, 6.45) is 3.87. The zero-order chi connectivity index (χ0) is 21.8. The molecule has 1 saturated heterocycles. The van der Waals surface area contributed by atoms with Crippen molar-refractivity contribution >= 4 is 17.4 Å². The van der Waals surface area contributed by atoms with Crippen LogP contribution in [0.5, 0.6) is 0 Å². The Hall–Kier alpha value is -3.84. The van der Waals surface area contributed by atoms with E-state index in [0.717, 1.165) is 12.2 Å². The molecule has 0 unspecified atom stereocenters. The molecule has 9 nitrogen and oxygen atoms in total. The van der Waals surface area contributed by atoms with E-state index in [1.54, 1.807) is 29.2 Å². The number of likely N-dealkylation sites (tertiary alicyclic amines) is 1. The third-order valence-electron chi connectivity index (χ3n) is 5.28. The number of nitriles is 1. The smallest absolute Gasteiger partial charge is 0.254 e. The Morgan fingerprint density at radius 2 is 2.13 bits per heavy atom. The Labute approximate surface area is 178 Å². The third-order valence-corrected chi connectivity index (χ3v) is 5.28. The van der Waals surface area contributed by atoms with Crippen molar-refractivity contribution in [2.24, 2.45) is 11.7 Å². The van der Waals surface area contributed by atoms with Gasteiger partial charge in [0.25, 0.3) is 5.91 Å². The van der Waals surface area contributed by atoms with Gasteiger partial charge in [-0.3, -0.25) is 14.4 Å². The van der Waals surface area contributed by atoms with E-state index >= 15 is 0 Å². The summed E-state index contributed by atoms with van der Waals surface area (Å²) in [6.45, 7) is 1.90. The van der Waals surface area contributed by atoms with Gasteiger partial charge < -0.3 is 11.1 Å². The number of rotatable bonds is 6. The average molecular weight is 420 g/mol. The van der Waals surface area contributed by atoms with Crippen LogP contribution in [0.25, 0.3) is 0 Å². The molecule has 1 aliphatic heterocycles. The molecule has 4 rings (SSSR count). The van der Waals surface area contributed by atoms with Gasteiger partial charge in [-0.1, -0.05) is 0 Å². The first-order valence-electron chi connectivity index (χ1n) is 9.83. The standard InChI is InChI=1S/C21H21FN8O/c22-15-3-5-16(6-4-15)26-21-18(20(24)31)13-30(28-21)19-7-9-29(11-14(19)10-23)12-17-2-1-8-25-27-17/h1-6,8,13-14,19H,7,9,11-12H2,(H2,24,31)(H,26,28)/t14-,19+/m0/s1. The summed E-state index contributed by atoms with van der Waals surface area (Å²) in [5.74, 6) is -1.05. The zero-order valence-electron chi connectivity index (χ0n) is 16.6. The van der Waals surface area contributed by atoms with Crippen molar-refractivity contribution in [2.75, 3.05) is 18.4 Å². The summed E-state index contributed by atoms with van der Waals surface area (Å²) in [7, 11) is 0. The zero-order valence-corrected chi connectivity index (χ0v) is 16.6. The van der Waals surface area contributed by atoms with Crippen LogP contribution in [-0.2, 0) is 6.54 Å². The topological polar surface area (TPSA) is 126 Å². The molecule has 2 aromatic heterocycles. The monoisotopic (exact) mass is 420 g/mol. The summed E-state index contributed by atoms with van der Waals surface area (Å²) in [6, 6.07) is 11.6. The van der Waals surface area contributed by atoms with Crippen molar-refractivity contribution in [1.29, 1.82) is 5.26 Å². The summed E-state index contributed by atoms with van der Waals surface area (Å²) in [5.41, 5.74) is 7.16. The number of carbonyl (C=O) groups is 1. The predicted molar refractivity (Wildman–Crippen MR) is 110 cm³/mol. The maximum Gasteiger partial charge on any atom is 0.254 e. The molecule has 31 heavy (non-hydrogen) atoms. The Bertz CT molecular complexity index is 1090. The van der Waals surface area contributed by atoms with Crippen LogP contribution < -0.4 is 11.1 Å². The van der Waals surface area contributed by atoms with Crippen LogP contribution in [0, 0.1) is 23.1 Å². The van der Waals surface area contributed by atoms with Gasteiger partial charge in [-0.2, -0.15) is 20.6 Å². The van der Waals surface area contributed by atoms with Gasteiger partial charge in [-0.25, -0.2) is 4.39 Å². The number of amides is 1. The van der Waals surface area contributed by atoms with Crippen molar-refractivity contribution in [3.8, 4) is 6.07 Å². The highest BCUT2D eigenvalue weighted by Gasteiger charge is 2.32. The van der Waals surface area contributed by atoms with Crippen molar-refractivity contribution < 1.29 is 9.18 Å². The lowest BCUT2D eigenvalue weighted by molar-refractivity contribution is 0.100. The van der Waals surface area contributed by atoms with Gasteiger partial charge in [-0.15, -0.1) is 0 Å². The van der Waals surface area contributed by atoms with E-state index in [4.69, 9.17) is 5.73 Å². The quantitative estimate of drug-likeness (QED) is 0.626. The molecule has 158 valence electrons. The van der Waals surface area contributed by atoms with Gasteiger partial charge in [0, 0.05) is 37.7 Å². The van der Waals surface area contributed by atoms with Crippen molar-refractivity contribution in [3.63, 3.8) is 0 Å². The number of nitrogens with two attached hydrogens (primary N) is 1. The number of aromatic nitrogens is 4. The molecule has 1 aliphatic rings. The highest BCUT2D eigenvalue weighted by molar-refractivity contribution is 5.98. The third kappa shape index (κ3) is 4.67. The molecular weight excluding hydrogens is 399 g/mol. The van der Waals surface area contributed by atoms with Crippen LogP contribution in [0.2, 0.25) is 0 Å². The van der Waals surface area contributed by atoms with Crippen LogP contribution in [0.15, 0.2) is 48.8 Å². The number of hydrogen-bond donors (Lipinski definition) is 2. The SMILES string of the molecule is N#C[C@H]1CN(Cc2cccnn2)CC[C@H]1n1cc(C(N)=O)c(Nc2ccc(F)cc2)n1. The minimum atomic E-state index is -0.635. The lowest BCUT2D eigenvalue weighted by Crippen LogP contribution is -2.40. The van der Waals surface area contributed by atoms with Gasteiger partial charge in [0.05, 0.1) is 23.7 Å². The first-order chi connectivity index (χ1) is 15.0. The summed E-state index contributed by atoms with van der Waals surface area (Å²) < 4.78 is 14.8.